The number of hydrogen-bond donors (Lipinski definition) is 0. The van der Waals surface area contributed by atoms with E-state index in [4.69, 9.17) is 4.74 Å². The van der Waals surface area contributed by atoms with E-state index in [0.717, 1.165) is 17.0 Å². The number of rotatable bonds is 1. The molecule has 0 bridgehead atoms. The molecule has 0 saturated heterocycles. The van der Waals surface area contributed by atoms with Gasteiger partial charge in [-0.05, 0) is 45.4 Å². The fourth-order valence-electron chi connectivity index (χ4n) is 1.82. The number of carbonyl (C=O) groups is 1. The predicted octanol–water partition coefficient (Wildman–Crippen LogP) is 2.98. The van der Waals surface area contributed by atoms with Gasteiger partial charge in [0.25, 0.3) is 0 Å². The molecule has 0 fully saturated rings. The van der Waals surface area contributed by atoms with Gasteiger partial charge in [-0.2, -0.15) is 0 Å². The van der Waals surface area contributed by atoms with Crippen molar-refractivity contribution < 1.29 is 9.53 Å². The van der Waals surface area contributed by atoms with Gasteiger partial charge in [-0.25, -0.2) is 4.79 Å². The summed E-state index contributed by atoms with van der Waals surface area (Å²) in [5, 5.41) is 0. The number of allylic oxidation sites excluding steroid dienone is 1. The van der Waals surface area contributed by atoms with Gasteiger partial charge < -0.3 is 4.74 Å². The number of ether oxygens (including phenoxy) is 1. The number of carbonyl (C=O) groups excluding carboxylic acids is 1. The van der Waals surface area contributed by atoms with E-state index in [9.17, 15) is 4.79 Å². The van der Waals surface area contributed by atoms with Crippen LogP contribution in [0.2, 0.25) is 0 Å². The van der Waals surface area contributed by atoms with Gasteiger partial charge in [0, 0.05) is 12.4 Å². The molecule has 1 aliphatic rings. The van der Waals surface area contributed by atoms with Crippen molar-refractivity contribution in [3.8, 4) is 0 Å². The molecular weight excluding hydrogens is 254 g/mol. The number of hydrogen-bond acceptors (Lipinski definition) is 4. The summed E-state index contributed by atoms with van der Waals surface area (Å²) in [6.45, 7) is 7.68. The molecule has 0 aromatic carbocycles. The van der Waals surface area contributed by atoms with E-state index in [1.54, 1.807) is 12.4 Å². The third-order valence-corrected chi connectivity index (χ3v) is 2.64. The zero-order chi connectivity index (χ0) is 14.8. The van der Waals surface area contributed by atoms with Crippen molar-refractivity contribution >= 4 is 11.8 Å². The minimum absolute atomic E-state index is 0.248. The lowest BCUT2D eigenvalue weighted by Gasteiger charge is -2.27. The van der Waals surface area contributed by atoms with Crippen LogP contribution in [0, 0.1) is 0 Å². The van der Waals surface area contributed by atoms with Gasteiger partial charge in [0.2, 0.25) is 0 Å². The van der Waals surface area contributed by atoms with Crippen LogP contribution in [0.3, 0.4) is 0 Å². The van der Waals surface area contributed by atoms with Gasteiger partial charge in [-0.15, -0.1) is 0 Å². The Morgan fingerprint density at radius 3 is 2.65 bits per heavy atom. The maximum Gasteiger partial charge on any atom is 0.415 e. The average molecular weight is 273 g/mol. The number of aliphatic imine (C=N–C) groups is 1. The van der Waals surface area contributed by atoms with Crippen molar-refractivity contribution in [3.63, 3.8) is 0 Å². The summed E-state index contributed by atoms with van der Waals surface area (Å²) in [5.41, 5.74) is 2.00. The molecule has 1 aromatic rings. The third kappa shape index (κ3) is 3.44. The van der Waals surface area contributed by atoms with Crippen LogP contribution in [0.15, 0.2) is 41.2 Å². The molecule has 0 aliphatic carbocycles. The first-order chi connectivity index (χ1) is 9.37. The van der Waals surface area contributed by atoms with E-state index in [1.807, 2.05) is 45.9 Å². The van der Waals surface area contributed by atoms with E-state index in [-0.39, 0.29) is 12.8 Å². The minimum atomic E-state index is -0.510. The van der Waals surface area contributed by atoms with E-state index in [1.165, 1.54) is 4.90 Å². The normalized spacial score (nSPS) is 15.5. The second-order valence-electron chi connectivity index (χ2n) is 5.63. The molecular formula is C15H19N3O2. The number of aromatic nitrogens is 1. The van der Waals surface area contributed by atoms with Crippen LogP contribution >= 0.6 is 0 Å². The Labute approximate surface area is 119 Å². The SMILES string of the molecule is CC1=CN(C(=O)OC(C)(C)C)CN=C1c1ccccn1. The Balaban J connectivity index is 2.12. The van der Waals surface area contributed by atoms with E-state index < -0.39 is 5.60 Å². The van der Waals surface area contributed by atoms with Crippen molar-refractivity contribution in [2.24, 2.45) is 4.99 Å². The molecule has 5 nitrogen and oxygen atoms in total. The van der Waals surface area contributed by atoms with E-state index in [2.05, 4.69) is 9.98 Å². The van der Waals surface area contributed by atoms with Crippen LogP contribution in [0.5, 0.6) is 0 Å². The number of pyridine rings is 1. The van der Waals surface area contributed by atoms with Crippen LogP contribution in [0.1, 0.15) is 33.4 Å². The number of amides is 1. The average Bonchev–Trinajstić information content (AvgIpc) is 2.37. The quantitative estimate of drug-likeness (QED) is 0.790. The Morgan fingerprint density at radius 1 is 1.35 bits per heavy atom. The highest BCUT2D eigenvalue weighted by Gasteiger charge is 2.23. The smallest absolute Gasteiger partial charge is 0.415 e. The highest BCUT2D eigenvalue weighted by Crippen LogP contribution is 2.16. The summed E-state index contributed by atoms with van der Waals surface area (Å²) in [5.74, 6) is 0. The topological polar surface area (TPSA) is 54.8 Å². The lowest BCUT2D eigenvalue weighted by molar-refractivity contribution is 0.0337. The van der Waals surface area contributed by atoms with Gasteiger partial charge in [0.15, 0.2) is 0 Å². The molecule has 0 spiro atoms. The molecule has 0 radical (unpaired) electrons. The highest BCUT2D eigenvalue weighted by atomic mass is 16.6. The van der Waals surface area contributed by atoms with Crippen LogP contribution in [-0.4, -0.2) is 34.0 Å². The molecule has 0 unspecified atom stereocenters. The van der Waals surface area contributed by atoms with Crippen molar-refractivity contribution in [2.75, 3.05) is 6.67 Å². The predicted molar refractivity (Wildman–Crippen MR) is 77.5 cm³/mol. The summed E-state index contributed by atoms with van der Waals surface area (Å²) < 4.78 is 5.32. The fraction of sp³-hybridized carbons (Fsp3) is 0.400. The summed E-state index contributed by atoms with van der Waals surface area (Å²) in [6.07, 6.45) is 3.09. The third-order valence-electron chi connectivity index (χ3n) is 2.64. The number of nitrogens with zero attached hydrogens (tertiary/aromatic N) is 3. The van der Waals surface area contributed by atoms with Crippen LogP contribution in [-0.2, 0) is 4.74 Å². The van der Waals surface area contributed by atoms with Crippen LogP contribution in [0.4, 0.5) is 4.79 Å². The van der Waals surface area contributed by atoms with Crippen molar-refractivity contribution in [1.29, 1.82) is 0 Å². The Kier molecular flexibility index (Phi) is 3.88. The first-order valence-corrected chi connectivity index (χ1v) is 6.51. The molecule has 1 aliphatic heterocycles. The van der Waals surface area contributed by atoms with Gasteiger partial charge in [0.05, 0.1) is 11.4 Å². The van der Waals surface area contributed by atoms with Gasteiger partial charge in [-0.1, -0.05) is 6.07 Å². The van der Waals surface area contributed by atoms with Crippen LogP contribution in [0.25, 0.3) is 0 Å². The molecule has 0 saturated carbocycles. The van der Waals surface area contributed by atoms with Gasteiger partial charge >= 0.3 is 6.09 Å². The largest absolute Gasteiger partial charge is 0.443 e. The minimum Gasteiger partial charge on any atom is -0.443 e. The Bertz CT molecular complexity index is 556. The van der Waals surface area contributed by atoms with Gasteiger partial charge in [-0.3, -0.25) is 14.9 Å². The molecule has 0 atom stereocenters. The maximum atomic E-state index is 12.0. The molecule has 1 aromatic heterocycles. The molecule has 0 N–H and O–H groups in total. The molecule has 2 rings (SSSR count). The molecule has 20 heavy (non-hydrogen) atoms. The molecule has 2 heterocycles. The summed E-state index contributed by atoms with van der Waals surface area (Å²) in [4.78, 5) is 22.1. The first kappa shape index (κ1) is 14.2. The van der Waals surface area contributed by atoms with Crippen molar-refractivity contribution in [3.05, 3.63) is 41.9 Å². The van der Waals surface area contributed by atoms with E-state index >= 15 is 0 Å². The zero-order valence-corrected chi connectivity index (χ0v) is 12.3. The molecule has 1 amide bonds. The second kappa shape index (κ2) is 5.45. The Morgan fingerprint density at radius 2 is 2.10 bits per heavy atom. The summed E-state index contributed by atoms with van der Waals surface area (Å²) >= 11 is 0. The van der Waals surface area contributed by atoms with Crippen LogP contribution < -0.4 is 0 Å². The van der Waals surface area contributed by atoms with E-state index in [0.29, 0.717) is 0 Å². The standard InChI is InChI=1S/C15H19N3O2/c1-11-9-18(14(19)20-15(2,3)4)10-17-13(11)12-7-5-6-8-16-12/h5-9H,10H2,1-4H3. The lowest BCUT2D eigenvalue weighted by atomic mass is 10.1. The monoisotopic (exact) mass is 273 g/mol. The zero-order valence-electron chi connectivity index (χ0n) is 12.3. The summed E-state index contributed by atoms with van der Waals surface area (Å²) in [6, 6.07) is 5.68. The highest BCUT2D eigenvalue weighted by molar-refractivity contribution is 6.11. The van der Waals surface area contributed by atoms with Gasteiger partial charge in [0.1, 0.15) is 12.3 Å². The fourth-order valence-corrected chi connectivity index (χ4v) is 1.82. The summed E-state index contributed by atoms with van der Waals surface area (Å²) in [7, 11) is 0. The lowest BCUT2D eigenvalue weighted by Crippen LogP contribution is -2.36. The first-order valence-electron chi connectivity index (χ1n) is 6.51. The molecule has 5 heteroatoms. The van der Waals surface area contributed by atoms with Crippen molar-refractivity contribution in [1.82, 2.24) is 9.88 Å². The van der Waals surface area contributed by atoms with Crippen molar-refractivity contribution in [2.45, 2.75) is 33.3 Å². The Hall–Kier alpha value is -2.17. The second-order valence-corrected chi connectivity index (χ2v) is 5.63. The molecule has 106 valence electrons. The maximum absolute atomic E-state index is 12.0.